The highest BCUT2D eigenvalue weighted by molar-refractivity contribution is 7.89. The van der Waals surface area contributed by atoms with Gasteiger partial charge in [-0.1, -0.05) is 29.8 Å². The van der Waals surface area contributed by atoms with Crippen LogP contribution in [0.5, 0.6) is 0 Å². The maximum absolute atomic E-state index is 12.7. The molecule has 2 rings (SSSR count). The molecule has 10 heteroatoms. The molecule has 0 atom stereocenters. The number of alkyl halides is 3. The van der Waals surface area contributed by atoms with Crippen LogP contribution in [0.2, 0.25) is 5.02 Å². The van der Waals surface area contributed by atoms with Crippen LogP contribution in [-0.2, 0) is 21.0 Å². The van der Waals surface area contributed by atoms with Gasteiger partial charge in [0.05, 0.1) is 27.7 Å². The van der Waals surface area contributed by atoms with E-state index < -0.39 is 39.1 Å². The lowest BCUT2D eigenvalue weighted by atomic mass is 10.2. The molecule has 2 aromatic rings. The molecule has 0 unspecified atom stereocenters. The number of hydrogen-bond acceptors (Lipinski definition) is 3. The molecule has 134 valence electrons. The van der Waals surface area contributed by atoms with Gasteiger partial charge in [-0.25, -0.2) is 13.1 Å². The van der Waals surface area contributed by atoms with Gasteiger partial charge >= 0.3 is 6.18 Å². The van der Waals surface area contributed by atoms with Crippen LogP contribution in [0, 0.1) is 0 Å². The molecule has 1 amide bonds. The van der Waals surface area contributed by atoms with Gasteiger partial charge < -0.3 is 5.32 Å². The summed E-state index contributed by atoms with van der Waals surface area (Å²) in [4.78, 5) is 11.2. The number of rotatable bonds is 5. The predicted molar refractivity (Wildman–Crippen MR) is 86.7 cm³/mol. The largest absolute Gasteiger partial charge is 0.416 e. The van der Waals surface area contributed by atoms with E-state index in [1.807, 2.05) is 4.72 Å². The van der Waals surface area contributed by atoms with E-state index in [9.17, 15) is 26.4 Å². The highest BCUT2D eigenvalue weighted by atomic mass is 35.5. The molecule has 5 nitrogen and oxygen atoms in total. The summed E-state index contributed by atoms with van der Waals surface area (Å²) in [6, 6.07) is 9.54. The number of amides is 1. The van der Waals surface area contributed by atoms with Crippen LogP contribution in [0.15, 0.2) is 53.4 Å². The van der Waals surface area contributed by atoms with E-state index in [4.69, 9.17) is 11.6 Å². The number of nitrogens with one attached hydrogen (secondary N) is 2. The Morgan fingerprint density at radius 1 is 1.08 bits per heavy atom. The van der Waals surface area contributed by atoms with Crippen LogP contribution < -0.4 is 10.0 Å². The minimum Gasteiger partial charge on any atom is -0.324 e. The molecule has 0 spiro atoms. The lowest BCUT2D eigenvalue weighted by molar-refractivity contribution is -0.137. The molecule has 2 aromatic carbocycles. The monoisotopic (exact) mass is 392 g/mol. The van der Waals surface area contributed by atoms with Gasteiger partial charge in [-0.2, -0.15) is 13.2 Å². The van der Waals surface area contributed by atoms with Crippen LogP contribution >= 0.6 is 11.6 Å². The summed E-state index contributed by atoms with van der Waals surface area (Å²) in [6.07, 6.45) is -4.67. The van der Waals surface area contributed by atoms with E-state index in [-0.39, 0.29) is 10.7 Å². The second kappa shape index (κ2) is 7.42. The molecular weight excluding hydrogens is 381 g/mol. The fourth-order valence-electron chi connectivity index (χ4n) is 1.84. The van der Waals surface area contributed by atoms with Crippen LogP contribution in [-0.4, -0.2) is 20.9 Å². The molecule has 0 aliphatic carbocycles. The summed E-state index contributed by atoms with van der Waals surface area (Å²) in [6.45, 7) is -0.663. The van der Waals surface area contributed by atoms with Gasteiger partial charge in [-0.05, 0) is 30.3 Å². The number of carbonyl (C=O) groups excluding carboxylic acids is 1. The van der Waals surface area contributed by atoms with Crippen LogP contribution in [0.3, 0.4) is 0 Å². The Labute approximate surface area is 146 Å². The SMILES string of the molecule is O=C(CNS(=O)(=O)c1cccc(C(F)(F)F)c1)Nc1ccccc1Cl. The van der Waals surface area contributed by atoms with E-state index >= 15 is 0 Å². The number of halogens is 4. The molecule has 0 saturated carbocycles. The Hall–Kier alpha value is -2.10. The highest BCUT2D eigenvalue weighted by Crippen LogP contribution is 2.30. The minimum absolute atomic E-state index is 0.261. The third kappa shape index (κ3) is 5.18. The lowest BCUT2D eigenvalue weighted by Gasteiger charge is -2.11. The molecule has 0 fully saturated rings. The molecule has 0 aliphatic heterocycles. The first-order chi connectivity index (χ1) is 11.6. The molecule has 0 radical (unpaired) electrons. The highest BCUT2D eigenvalue weighted by Gasteiger charge is 2.31. The maximum Gasteiger partial charge on any atom is 0.416 e. The van der Waals surface area contributed by atoms with E-state index in [1.165, 1.54) is 12.1 Å². The van der Waals surface area contributed by atoms with Gasteiger partial charge in [0.15, 0.2) is 0 Å². The van der Waals surface area contributed by atoms with Crippen molar-refractivity contribution in [1.29, 1.82) is 0 Å². The Balaban J connectivity index is 2.07. The van der Waals surface area contributed by atoms with E-state index in [0.717, 1.165) is 18.2 Å². The summed E-state index contributed by atoms with van der Waals surface area (Å²) in [5.74, 6) is -0.719. The Morgan fingerprint density at radius 2 is 1.76 bits per heavy atom. The quantitative estimate of drug-likeness (QED) is 0.820. The van der Waals surface area contributed by atoms with Crippen molar-refractivity contribution in [1.82, 2.24) is 4.72 Å². The van der Waals surface area contributed by atoms with E-state index in [2.05, 4.69) is 5.32 Å². The molecule has 0 aromatic heterocycles. The fourth-order valence-corrected chi connectivity index (χ4v) is 3.05. The van der Waals surface area contributed by atoms with Crippen molar-refractivity contribution in [3.05, 3.63) is 59.1 Å². The van der Waals surface area contributed by atoms with Gasteiger partial charge in [-0.3, -0.25) is 4.79 Å². The van der Waals surface area contributed by atoms with Crippen LogP contribution in [0.1, 0.15) is 5.56 Å². The molecular formula is C15H12ClF3N2O3S. The topological polar surface area (TPSA) is 75.3 Å². The van der Waals surface area contributed by atoms with Crippen molar-refractivity contribution >= 4 is 33.2 Å². The summed E-state index contributed by atoms with van der Waals surface area (Å²) < 4.78 is 64.0. The number of carbonyl (C=O) groups is 1. The number of para-hydroxylation sites is 1. The van der Waals surface area contributed by atoms with Crippen molar-refractivity contribution in [2.75, 3.05) is 11.9 Å². The molecule has 2 N–H and O–H groups in total. The van der Waals surface area contributed by atoms with Gasteiger partial charge in [-0.15, -0.1) is 0 Å². The predicted octanol–water partition coefficient (Wildman–Crippen LogP) is 3.28. The van der Waals surface area contributed by atoms with Crippen LogP contribution in [0.25, 0.3) is 0 Å². The number of sulfonamides is 1. The second-order valence-electron chi connectivity index (χ2n) is 4.88. The van der Waals surface area contributed by atoms with Gasteiger partial charge in [0.25, 0.3) is 0 Å². The molecule has 0 saturated heterocycles. The number of benzene rings is 2. The summed E-state index contributed by atoms with van der Waals surface area (Å²) in [5, 5.41) is 2.65. The fraction of sp³-hybridized carbons (Fsp3) is 0.133. The van der Waals surface area contributed by atoms with Crippen LogP contribution in [0.4, 0.5) is 18.9 Å². The molecule has 0 bridgehead atoms. The first-order valence-electron chi connectivity index (χ1n) is 6.81. The van der Waals surface area contributed by atoms with Crippen molar-refractivity contribution in [3.63, 3.8) is 0 Å². The Morgan fingerprint density at radius 3 is 2.40 bits per heavy atom. The van der Waals surface area contributed by atoms with Gasteiger partial charge in [0.1, 0.15) is 0 Å². The smallest absolute Gasteiger partial charge is 0.324 e. The van der Waals surface area contributed by atoms with Crippen molar-refractivity contribution in [2.45, 2.75) is 11.1 Å². The van der Waals surface area contributed by atoms with Gasteiger partial charge in [0, 0.05) is 0 Å². The summed E-state index contributed by atoms with van der Waals surface area (Å²) in [7, 11) is -4.28. The third-order valence-corrected chi connectivity index (χ3v) is 4.77. The zero-order chi connectivity index (χ0) is 18.7. The molecule has 25 heavy (non-hydrogen) atoms. The third-order valence-electron chi connectivity index (χ3n) is 3.04. The average Bonchev–Trinajstić information content (AvgIpc) is 2.55. The summed E-state index contributed by atoms with van der Waals surface area (Å²) in [5.41, 5.74) is -0.816. The molecule has 0 heterocycles. The van der Waals surface area contributed by atoms with E-state index in [0.29, 0.717) is 6.07 Å². The Bertz CT molecular complexity index is 886. The number of anilines is 1. The summed E-state index contributed by atoms with van der Waals surface area (Å²) >= 11 is 5.85. The first kappa shape index (κ1) is 19.2. The average molecular weight is 393 g/mol. The van der Waals surface area contributed by atoms with Gasteiger partial charge in [0.2, 0.25) is 15.9 Å². The normalized spacial score (nSPS) is 12.0. The first-order valence-corrected chi connectivity index (χ1v) is 8.67. The van der Waals surface area contributed by atoms with Crippen molar-refractivity contribution in [2.24, 2.45) is 0 Å². The standard InChI is InChI=1S/C15H12ClF3N2O3S/c16-12-6-1-2-7-13(12)21-14(22)9-20-25(23,24)11-5-3-4-10(8-11)15(17,18)19/h1-8,20H,9H2,(H,21,22). The van der Waals surface area contributed by atoms with Crippen molar-refractivity contribution < 1.29 is 26.4 Å². The Kier molecular flexibility index (Phi) is 5.71. The lowest BCUT2D eigenvalue weighted by Crippen LogP contribution is -2.33. The second-order valence-corrected chi connectivity index (χ2v) is 7.05. The minimum atomic E-state index is -4.67. The molecule has 0 aliphatic rings. The maximum atomic E-state index is 12.7. The van der Waals surface area contributed by atoms with E-state index in [1.54, 1.807) is 12.1 Å². The zero-order valence-corrected chi connectivity index (χ0v) is 14.0. The van der Waals surface area contributed by atoms with Crippen molar-refractivity contribution in [3.8, 4) is 0 Å². The number of hydrogen-bond donors (Lipinski definition) is 2. The zero-order valence-electron chi connectivity index (χ0n) is 12.5.